The molecule has 2 aromatic carbocycles. The van der Waals surface area contributed by atoms with E-state index in [-0.39, 0.29) is 36.9 Å². The maximum Gasteiger partial charge on any atom is 0.265 e. The van der Waals surface area contributed by atoms with Crippen molar-refractivity contribution in [3.63, 3.8) is 0 Å². The highest BCUT2D eigenvalue weighted by Gasteiger charge is 2.26. The minimum Gasteiger partial charge on any atom is -0.497 e. The van der Waals surface area contributed by atoms with E-state index in [4.69, 9.17) is 18.9 Å². The molecule has 2 amide bonds. The first-order valence-corrected chi connectivity index (χ1v) is 11.8. The summed E-state index contributed by atoms with van der Waals surface area (Å²) in [7, 11) is 1.56. The summed E-state index contributed by atoms with van der Waals surface area (Å²) >= 11 is 0. The van der Waals surface area contributed by atoms with Crippen LogP contribution >= 0.6 is 0 Å². The fourth-order valence-electron chi connectivity index (χ4n) is 4.06. The zero-order valence-electron chi connectivity index (χ0n) is 19.8. The molecule has 2 aliphatic rings. The standard InChI is InChI=1S/C26H30N2O7/c1-32-19-5-2-6-20(14-19)34-16-23(29)18-9-10-24-22(13-18)28(26(31)17-35-24)11-3-8-25(30)27-15-21-7-4-12-33-21/h2,5-6,9-10,13-14,21H,3-4,7-8,11-12,15-17H2,1H3,(H,27,30)/t21-/m0/s1. The van der Waals surface area contributed by atoms with Gasteiger partial charge in [0.15, 0.2) is 19.0 Å². The van der Waals surface area contributed by atoms with Crippen LogP contribution in [0, 0.1) is 0 Å². The van der Waals surface area contributed by atoms with Crippen molar-refractivity contribution in [1.82, 2.24) is 5.32 Å². The number of methoxy groups -OCH3 is 1. The van der Waals surface area contributed by atoms with Gasteiger partial charge in [-0.1, -0.05) is 6.07 Å². The maximum absolute atomic E-state index is 12.8. The van der Waals surface area contributed by atoms with E-state index in [2.05, 4.69) is 5.32 Å². The molecule has 2 aliphatic heterocycles. The monoisotopic (exact) mass is 482 g/mol. The van der Waals surface area contributed by atoms with E-state index in [0.29, 0.717) is 54.4 Å². The minimum absolute atomic E-state index is 0.0694. The van der Waals surface area contributed by atoms with Gasteiger partial charge < -0.3 is 29.2 Å². The van der Waals surface area contributed by atoms with Gasteiger partial charge in [-0.2, -0.15) is 0 Å². The Bertz CT molecular complexity index is 1070. The molecule has 2 aromatic rings. The number of ketones is 1. The highest BCUT2D eigenvalue weighted by molar-refractivity contribution is 6.02. The van der Waals surface area contributed by atoms with Gasteiger partial charge in [0.05, 0.1) is 18.9 Å². The second-order valence-electron chi connectivity index (χ2n) is 8.45. The molecular weight excluding hydrogens is 452 g/mol. The maximum atomic E-state index is 12.8. The smallest absolute Gasteiger partial charge is 0.265 e. The number of carbonyl (C=O) groups excluding carboxylic acids is 3. The van der Waals surface area contributed by atoms with E-state index in [1.54, 1.807) is 54.5 Å². The molecule has 4 rings (SSSR count). The lowest BCUT2D eigenvalue weighted by Gasteiger charge is -2.29. The van der Waals surface area contributed by atoms with Gasteiger partial charge in [0.1, 0.15) is 17.2 Å². The molecule has 35 heavy (non-hydrogen) atoms. The molecule has 1 saturated heterocycles. The van der Waals surface area contributed by atoms with Crippen LogP contribution in [0.15, 0.2) is 42.5 Å². The van der Waals surface area contributed by atoms with Crippen molar-refractivity contribution in [2.45, 2.75) is 31.8 Å². The molecule has 1 fully saturated rings. The summed E-state index contributed by atoms with van der Waals surface area (Å²) in [4.78, 5) is 39.1. The van der Waals surface area contributed by atoms with Gasteiger partial charge >= 0.3 is 0 Å². The van der Waals surface area contributed by atoms with E-state index in [1.807, 2.05) is 0 Å². The van der Waals surface area contributed by atoms with Crippen LogP contribution in [0.1, 0.15) is 36.0 Å². The summed E-state index contributed by atoms with van der Waals surface area (Å²) in [6.07, 6.45) is 2.86. The van der Waals surface area contributed by atoms with Crippen LogP contribution in [0.25, 0.3) is 0 Å². The van der Waals surface area contributed by atoms with E-state index < -0.39 is 0 Å². The van der Waals surface area contributed by atoms with Gasteiger partial charge in [-0.05, 0) is 49.6 Å². The summed E-state index contributed by atoms with van der Waals surface area (Å²) in [5.41, 5.74) is 0.928. The normalized spacial score (nSPS) is 16.9. The molecule has 0 bridgehead atoms. The van der Waals surface area contributed by atoms with Crippen molar-refractivity contribution in [3.05, 3.63) is 48.0 Å². The summed E-state index contributed by atoms with van der Waals surface area (Å²) < 4.78 is 21.8. The van der Waals surface area contributed by atoms with E-state index in [0.717, 1.165) is 19.4 Å². The minimum atomic E-state index is -0.234. The zero-order chi connectivity index (χ0) is 24.6. The first-order valence-electron chi connectivity index (χ1n) is 11.8. The van der Waals surface area contributed by atoms with Crippen LogP contribution in [0.2, 0.25) is 0 Å². The molecule has 1 N–H and O–H groups in total. The summed E-state index contributed by atoms with van der Waals surface area (Å²) in [5, 5.41) is 2.89. The van der Waals surface area contributed by atoms with Gasteiger partial charge in [0.25, 0.3) is 5.91 Å². The third-order valence-corrected chi connectivity index (χ3v) is 5.97. The van der Waals surface area contributed by atoms with Crippen LogP contribution in [0.4, 0.5) is 5.69 Å². The first kappa shape index (κ1) is 24.5. The van der Waals surface area contributed by atoms with E-state index in [1.165, 1.54) is 0 Å². The van der Waals surface area contributed by atoms with Crippen molar-refractivity contribution in [1.29, 1.82) is 0 Å². The topological polar surface area (TPSA) is 103 Å². The van der Waals surface area contributed by atoms with Gasteiger partial charge in [-0.25, -0.2) is 0 Å². The lowest BCUT2D eigenvalue weighted by atomic mass is 10.1. The Balaban J connectivity index is 1.33. The van der Waals surface area contributed by atoms with Crippen molar-refractivity contribution >= 4 is 23.3 Å². The Kier molecular flexibility index (Phi) is 8.20. The van der Waals surface area contributed by atoms with Crippen LogP contribution in [-0.4, -0.2) is 63.7 Å². The number of nitrogens with one attached hydrogen (secondary N) is 1. The molecule has 0 spiro atoms. The lowest BCUT2D eigenvalue weighted by molar-refractivity contribution is -0.123. The molecule has 0 unspecified atom stereocenters. The highest BCUT2D eigenvalue weighted by atomic mass is 16.5. The third-order valence-electron chi connectivity index (χ3n) is 5.97. The Morgan fingerprint density at radius 2 is 2.03 bits per heavy atom. The Labute approximate surface area is 204 Å². The number of rotatable bonds is 11. The second kappa shape index (κ2) is 11.7. The quantitative estimate of drug-likeness (QED) is 0.491. The van der Waals surface area contributed by atoms with Gasteiger partial charge in [-0.3, -0.25) is 14.4 Å². The van der Waals surface area contributed by atoms with Gasteiger partial charge in [0, 0.05) is 37.7 Å². The largest absolute Gasteiger partial charge is 0.497 e. The summed E-state index contributed by atoms with van der Waals surface area (Å²) in [5.74, 6) is 1.17. The summed E-state index contributed by atoms with van der Waals surface area (Å²) in [6, 6.07) is 12.0. The number of anilines is 1. The fourth-order valence-corrected chi connectivity index (χ4v) is 4.06. The number of nitrogens with zero attached hydrogens (tertiary/aromatic N) is 1. The van der Waals surface area contributed by atoms with Gasteiger partial charge in [-0.15, -0.1) is 0 Å². The average Bonchev–Trinajstić information content (AvgIpc) is 3.41. The molecule has 9 nitrogen and oxygen atoms in total. The molecule has 0 aromatic heterocycles. The second-order valence-corrected chi connectivity index (χ2v) is 8.45. The molecule has 186 valence electrons. The molecule has 0 aliphatic carbocycles. The fraction of sp³-hybridized carbons (Fsp3) is 0.423. The van der Waals surface area contributed by atoms with Crippen molar-refractivity contribution in [2.75, 3.05) is 44.9 Å². The zero-order valence-corrected chi connectivity index (χ0v) is 19.8. The van der Waals surface area contributed by atoms with Crippen molar-refractivity contribution in [2.24, 2.45) is 0 Å². The van der Waals surface area contributed by atoms with Crippen molar-refractivity contribution < 1.29 is 33.3 Å². The number of amides is 2. The summed E-state index contributed by atoms with van der Waals surface area (Å²) in [6.45, 7) is 1.37. The molecule has 0 radical (unpaired) electrons. The lowest BCUT2D eigenvalue weighted by Crippen LogP contribution is -2.40. The van der Waals surface area contributed by atoms with Gasteiger partial charge in [0.2, 0.25) is 5.91 Å². The van der Waals surface area contributed by atoms with Crippen LogP contribution < -0.4 is 24.4 Å². The molecule has 0 saturated carbocycles. The van der Waals surface area contributed by atoms with Crippen LogP contribution in [-0.2, 0) is 14.3 Å². The number of ether oxygens (including phenoxy) is 4. The Morgan fingerprint density at radius 3 is 2.83 bits per heavy atom. The number of hydrogen-bond acceptors (Lipinski definition) is 7. The Hall–Kier alpha value is -3.59. The predicted molar refractivity (Wildman–Crippen MR) is 128 cm³/mol. The number of benzene rings is 2. The molecule has 2 heterocycles. The van der Waals surface area contributed by atoms with E-state index in [9.17, 15) is 14.4 Å². The molecule has 9 heteroatoms. The number of carbonyl (C=O) groups is 3. The predicted octanol–water partition coefficient (Wildman–Crippen LogP) is 2.76. The van der Waals surface area contributed by atoms with Crippen molar-refractivity contribution in [3.8, 4) is 17.2 Å². The molecular formula is C26H30N2O7. The Morgan fingerprint density at radius 1 is 1.17 bits per heavy atom. The van der Waals surface area contributed by atoms with E-state index >= 15 is 0 Å². The highest BCUT2D eigenvalue weighted by Crippen LogP contribution is 2.33. The number of hydrogen-bond donors (Lipinski definition) is 1. The number of Topliss-reactive ketones (excluding diaryl/α,β-unsaturated/α-hetero) is 1. The number of fused-ring (bicyclic) bond motifs is 1. The average molecular weight is 483 g/mol. The SMILES string of the molecule is COc1cccc(OCC(=O)c2ccc3c(c2)N(CCCC(=O)NC[C@@H]2CCCO2)C(=O)CO3)c1. The van der Waals surface area contributed by atoms with Crippen LogP contribution in [0.3, 0.4) is 0 Å². The first-order chi connectivity index (χ1) is 17.0. The molecule has 1 atom stereocenters. The third kappa shape index (κ3) is 6.51. The van der Waals surface area contributed by atoms with Crippen LogP contribution in [0.5, 0.6) is 17.2 Å².